The fraction of sp³-hybridized carbons (Fsp3) is 0.241. The number of benzene rings is 3. The normalized spacial score (nSPS) is 14.6. The van der Waals surface area contributed by atoms with Gasteiger partial charge in [0.05, 0.1) is 13.2 Å². The second-order valence-electron chi connectivity index (χ2n) is 9.14. The summed E-state index contributed by atoms with van der Waals surface area (Å²) in [6.45, 7) is 2.46. The maximum Gasteiger partial charge on any atom is 0.273 e. The van der Waals surface area contributed by atoms with Gasteiger partial charge in [-0.15, -0.1) is 0 Å². The number of halogens is 1. The topological polar surface area (TPSA) is 108 Å². The van der Waals surface area contributed by atoms with E-state index in [2.05, 4.69) is 10.2 Å². The van der Waals surface area contributed by atoms with Crippen LogP contribution < -0.4 is 9.47 Å². The molecule has 9 heteroatoms. The maximum absolute atomic E-state index is 13.4. The number of hydrogen-bond donors (Lipinski definition) is 3. The lowest BCUT2D eigenvalue weighted by molar-refractivity contribution is 0.0732. The SMILES string of the molecule is COc1cc(C2c3c(-c4cc(Cl)c(C)cc4O)n[nH]c3C(=O)N2CCCO)ccc1OCc1ccccc1. The number of phenols is 1. The number of aromatic amines is 1. The molecule has 1 atom stereocenters. The van der Waals surface area contributed by atoms with Gasteiger partial charge in [0.2, 0.25) is 0 Å². The molecule has 38 heavy (non-hydrogen) atoms. The second kappa shape index (κ2) is 10.8. The van der Waals surface area contributed by atoms with Gasteiger partial charge in [0.15, 0.2) is 11.5 Å². The number of ether oxygens (including phenoxy) is 2. The number of fused-ring (bicyclic) bond motifs is 1. The van der Waals surface area contributed by atoms with Crippen molar-refractivity contribution in [1.29, 1.82) is 0 Å². The fourth-order valence-electron chi connectivity index (χ4n) is 4.78. The molecular formula is C29H28ClN3O5. The Labute approximate surface area is 225 Å². The largest absolute Gasteiger partial charge is 0.507 e. The lowest BCUT2D eigenvalue weighted by Crippen LogP contribution is -2.31. The van der Waals surface area contributed by atoms with E-state index in [1.807, 2.05) is 48.5 Å². The number of amides is 1. The summed E-state index contributed by atoms with van der Waals surface area (Å²) in [7, 11) is 1.57. The first-order chi connectivity index (χ1) is 18.4. The molecule has 196 valence electrons. The lowest BCUT2D eigenvalue weighted by atomic mass is 9.95. The van der Waals surface area contributed by atoms with Crippen molar-refractivity contribution in [3.8, 4) is 28.5 Å². The molecule has 0 spiro atoms. The first-order valence-electron chi connectivity index (χ1n) is 12.3. The van der Waals surface area contributed by atoms with Crippen LogP contribution in [0.5, 0.6) is 17.2 Å². The van der Waals surface area contributed by atoms with E-state index >= 15 is 0 Å². The highest BCUT2D eigenvalue weighted by atomic mass is 35.5. The molecule has 3 N–H and O–H groups in total. The van der Waals surface area contributed by atoms with Gasteiger partial charge in [-0.25, -0.2) is 0 Å². The van der Waals surface area contributed by atoms with E-state index in [0.29, 0.717) is 58.6 Å². The molecular weight excluding hydrogens is 506 g/mol. The molecule has 1 aromatic heterocycles. The molecule has 0 saturated heterocycles. The van der Waals surface area contributed by atoms with E-state index in [4.69, 9.17) is 21.1 Å². The first kappa shape index (κ1) is 25.6. The van der Waals surface area contributed by atoms with Crippen molar-refractivity contribution in [2.24, 2.45) is 0 Å². The molecule has 0 bridgehead atoms. The van der Waals surface area contributed by atoms with Crippen LogP contribution in [0.1, 0.15) is 45.2 Å². The predicted molar refractivity (Wildman–Crippen MR) is 144 cm³/mol. The molecule has 0 aliphatic carbocycles. The number of carbonyl (C=O) groups is 1. The van der Waals surface area contributed by atoms with E-state index < -0.39 is 6.04 Å². The number of phenolic OH excluding ortho intramolecular Hbond substituents is 1. The van der Waals surface area contributed by atoms with Crippen LogP contribution >= 0.6 is 11.6 Å². The summed E-state index contributed by atoms with van der Waals surface area (Å²) in [5.74, 6) is 0.872. The molecule has 1 amide bonds. The number of hydrogen-bond acceptors (Lipinski definition) is 6. The molecule has 2 heterocycles. The molecule has 0 saturated carbocycles. The molecule has 0 fully saturated rings. The van der Waals surface area contributed by atoms with Crippen molar-refractivity contribution < 1.29 is 24.5 Å². The lowest BCUT2D eigenvalue weighted by Gasteiger charge is -2.27. The molecule has 3 aromatic carbocycles. The van der Waals surface area contributed by atoms with Gasteiger partial charge in [0, 0.05) is 29.3 Å². The standard InChI is InChI=1S/C29H28ClN3O5/c1-17-13-22(35)20(15-21(17)30)26-25-27(32-31-26)29(36)33(11-6-12-34)28(25)19-9-10-23(24(14-19)37-2)38-16-18-7-4-3-5-8-18/h3-5,7-10,13-15,28,34-35H,6,11-12,16H2,1-2H3,(H,31,32). The molecule has 1 unspecified atom stereocenters. The second-order valence-corrected chi connectivity index (χ2v) is 9.55. The van der Waals surface area contributed by atoms with Gasteiger partial charge in [-0.1, -0.05) is 48.0 Å². The molecule has 4 aromatic rings. The highest BCUT2D eigenvalue weighted by Crippen LogP contribution is 2.46. The zero-order chi connectivity index (χ0) is 26.8. The number of aromatic nitrogens is 2. The molecule has 0 radical (unpaired) electrons. The number of aliphatic hydroxyl groups is 1. The Bertz CT molecular complexity index is 1470. The Morgan fingerprint density at radius 3 is 2.63 bits per heavy atom. The third-order valence-electron chi connectivity index (χ3n) is 6.69. The van der Waals surface area contributed by atoms with E-state index in [1.165, 1.54) is 0 Å². The summed E-state index contributed by atoms with van der Waals surface area (Å²) >= 11 is 6.38. The van der Waals surface area contributed by atoms with Crippen LogP contribution in [0.2, 0.25) is 5.02 Å². The Morgan fingerprint density at radius 2 is 1.89 bits per heavy atom. The Morgan fingerprint density at radius 1 is 1.11 bits per heavy atom. The summed E-state index contributed by atoms with van der Waals surface area (Å²) in [5, 5.41) is 28.0. The van der Waals surface area contributed by atoms with Crippen molar-refractivity contribution >= 4 is 17.5 Å². The molecule has 1 aliphatic rings. The van der Waals surface area contributed by atoms with Crippen LogP contribution in [0.15, 0.2) is 60.7 Å². The van der Waals surface area contributed by atoms with Gasteiger partial charge in [0.25, 0.3) is 5.91 Å². The van der Waals surface area contributed by atoms with E-state index in [9.17, 15) is 15.0 Å². The van der Waals surface area contributed by atoms with Crippen molar-refractivity contribution in [1.82, 2.24) is 15.1 Å². The number of nitrogens with one attached hydrogen (secondary N) is 1. The summed E-state index contributed by atoms with van der Waals surface area (Å²) < 4.78 is 11.7. The van der Waals surface area contributed by atoms with Crippen LogP contribution in [0, 0.1) is 6.92 Å². The van der Waals surface area contributed by atoms with E-state index in [1.54, 1.807) is 31.1 Å². The van der Waals surface area contributed by atoms with Crippen molar-refractivity contribution in [3.63, 3.8) is 0 Å². The summed E-state index contributed by atoms with van der Waals surface area (Å²) in [5.41, 5.74) is 4.36. The van der Waals surface area contributed by atoms with Gasteiger partial charge in [-0.2, -0.15) is 5.10 Å². The average molecular weight is 534 g/mol. The van der Waals surface area contributed by atoms with Crippen LogP contribution in [-0.4, -0.2) is 51.5 Å². The van der Waals surface area contributed by atoms with Gasteiger partial charge in [0.1, 0.15) is 23.7 Å². The number of H-pyrrole nitrogens is 1. The van der Waals surface area contributed by atoms with Crippen LogP contribution in [0.3, 0.4) is 0 Å². The Kier molecular flexibility index (Phi) is 7.26. The average Bonchev–Trinajstić information content (AvgIpc) is 3.47. The van der Waals surface area contributed by atoms with Crippen molar-refractivity contribution in [2.45, 2.75) is 26.0 Å². The van der Waals surface area contributed by atoms with Crippen molar-refractivity contribution in [3.05, 3.63) is 93.6 Å². The summed E-state index contributed by atoms with van der Waals surface area (Å²) in [6, 6.07) is 18.1. The zero-order valence-corrected chi connectivity index (χ0v) is 21.8. The van der Waals surface area contributed by atoms with E-state index in [-0.39, 0.29) is 18.3 Å². The third-order valence-corrected chi connectivity index (χ3v) is 7.10. The van der Waals surface area contributed by atoms with Gasteiger partial charge in [-0.3, -0.25) is 9.89 Å². The predicted octanol–water partition coefficient (Wildman–Crippen LogP) is 5.26. The number of rotatable bonds is 9. The minimum absolute atomic E-state index is 0.0171. The number of aryl methyl sites for hydroxylation is 1. The number of aromatic hydroxyl groups is 1. The maximum atomic E-state index is 13.4. The summed E-state index contributed by atoms with van der Waals surface area (Å²) in [6.07, 6.45) is 0.409. The van der Waals surface area contributed by atoms with Crippen LogP contribution in [0.4, 0.5) is 0 Å². The Balaban J connectivity index is 1.57. The van der Waals surface area contributed by atoms with Gasteiger partial charge in [-0.05, 0) is 54.3 Å². The smallest absolute Gasteiger partial charge is 0.273 e. The van der Waals surface area contributed by atoms with E-state index in [0.717, 1.165) is 16.7 Å². The van der Waals surface area contributed by atoms with Gasteiger partial charge < -0.3 is 24.6 Å². The molecule has 5 rings (SSSR count). The minimum Gasteiger partial charge on any atom is -0.507 e. The molecule has 1 aliphatic heterocycles. The zero-order valence-electron chi connectivity index (χ0n) is 21.1. The minimum atomic E-state index is -0.533. The highest BCUT2D eigenvalue weighted by molar-refractivity contribution is 6.31. The number of aliphatic hydroxyl groups excluding tert-OH is 1. The quantitative estimate of drug-likeness (QED) is 0.271. The monoisotopic (exact) mass is 533 g/mol. The number of methoxy groups -OCH3 is 1. The van der Waals surface area contributed by atoms with Gasteiger partial charge >= 0.3 is 0 Å². The third kappa shape index (κ3) is 4.68. The van der Waals surface area contributed by atoms with Crippen molar-refractivity contribution in [2.75, 3.05) is 20.3 Å². The number of carbonyl (C=O) groups excluding carboxylic acids is 1. The fourth-order valence-corrected chi connectivity index (χ4v) is 4.95. The molecule has 8 nitrogen and oxygen atoms in total. The first-order valence-corrected chi connectivity index (χ1v) is 12.6. The highest BCUT2D eigenvalue weighted by Gasteiger charge is 2.42. The van der Waals surface area contributed by atoms with Crippen LogP contribution in [0.25, 0.3) is 11.3 Å². The summed E-state index contributed by atoms with van der Waals surface area (Å²) in [4.78, 5) is 15.1. The Hall–Kier alpha value is -4.01. The van der Waals surface area contributed by atoms with Crippen LogP contribution in [-0.2, 0) is 6.61 Å². The number of nitrogens with zero attached hydrogens (tertiary/aromatic N) is 2.